The molecule has 1 saturated heterocycles. The first kappa shape index (κ1) is 10.8. The van der Waals surface area contributed by atoms with E-state index in [1.54, 1.807) is 0 Å². The van der Waals surface area contributed by atoms with Crippen LogP contribution in [0.4, 0.5) is 0 Å². The summed E-state index contributed by atoms with van der Waals surface area (Å²) >= 11 is 5.33. The Balaban J connectivity index is 2.33. The number of amides is 1. The summed E-state index contributed by atoms with van der Waals surface area (Å²) in [6.45, 7) is 6.49. The van der Waals surface area contributed by atoms with E-state index < -0.39 is 0 Å². The maximum atomic E-state index is 11.7. The lowest BCUT2D eigenvalue weighted by atomic mass is 9.92. The third kappa shape index (κ3) is 2.58. The van der Waals surface area contributed by atoms with Crippen molar-refractivity contribution in [3.05, 3.63) is 0 Å². The van der Waals surface area contributed by atoms with Crippen LogP contribution in [-0.4, -0.2) is 30.4 Å². The summed E-state index contributed by atoms with van der Waals surface area (Å²) in [6, 6.07) is 0. The number of nitrogens with one attached hydrogen (secondary N) is 1. The van der Waals surface area contributed by atoms with E-state index in [9.17, 15) is 4.79 Å². The molecule has 0 bridgehead atoms. The fourth-order valence-electron chi connectivity index (χ4n) is 1.60. The Bertz CT molecular complexity index is 194. The molecule has 76 valence electrons. The summed E-state index contributed by atoms with van der Waals surface area (Å²) in [6.07, 6.45) is 1.89. The van der Waals surface area contributed by atoms with Crippen molar-refractivity contribution in [2.24, 2.45) is 5.41 Å². The highest BCUT2D eigenvalue weighted by Gasteiger charge is 2.37. The standard InChI is InChI=1S/C9H17ClN2O/c1-9(2)4-7-12(8(9)13)6-3-5-11-10/h11H,3-7H2,1-2H3. The summed E-state index contributed by atoms with van der Waals surface area (Å²) in [4.78, 5) is 16.2. The van der Waals surface area contributed by atoms with Gasteiger partial charge in [0.25, 0.3) is 0 Å². The summed E-state index contributed by atoms with van der Waals surface area (Å²) in [5.74, 6) is 0.280. The number of carbonyl (C=O) groups excluding carboxylic acids is 1. The van der Waals surface area contributed by atoms with Crippen LogP contribution < -0.4 is 4.84 Å². The topological polar surface area (TPSA) is 32.3 Å². The normalized spacial score (nSPS) is 21.2. The van der Waals surface area contributed by atoms with Crippen LogP contribution in [0.3, 0.4) is 0 Å². The molecule has 0 spiro atoms. The van der Waals surface area contributed by atoms with Crippen molar-refractivity contribution in [3.63, 3.8) is 0 Å². The second-order valence-corrected chi connectivity index (χ2v) is 4.43. The second kappa shape index (κ2) is 4.29. The summed E-state index contributed by atoms with van der Waals surface area (Å²) in [7, 11) is 0. The minimum atomic E-state index is -0.144. The van der Waals surface area contributed by atoms with Gasteiger partial charge in [0.2, 0.25) is 5.91 Å². The number of carbonyl (C=O) groups is 1. The van der Waals surface area contributed by atoms with Gasteiger partial charge in [-0.3, -0.25) is 4.79 Å². The molecule has 1 heterocycles. The molecule has 1 amide bonds. The fraction of sp³-hybridized carbons (Fsp3) is 0.889. The van der Waals surface area contributed by atoms with Gasteiger partial charge < -0.3 is 4.90 Å². The van der Waals surface area contributed by atoms with Crippen LogP contribution in [0.15, 0.2) is 0 Å². The number of nitrogens with zero attached hydrogens (tertiary/aromatic N) is 1. The molecular weight excluding hydrogens is 188 g/mol. The summed E-state index contributed by atoms with van der Waals surface area (Å²) in [5, 5.41) is 0. The lowest BCUT2D eigenvalue weighted by molar-refractivity contribution is -0.134. The van der Waals surface area contributed by atoms with E-state index in [1.165, 1.54) is 0 Å². The summed E-state index contributed by atoms with van der Waals surface area (Å²) < 4.78 is 0. The van der Waals surface area contributed by atoms with Gasteiger partial charge in [0.15, 0.2) is 0 Å². The molecule has 0 radical (unpaired) electrons. The zero-order valence-corrected chi connectivity index (χ0v) is 9.02. The second-order valence-electron chi connectivity index (χ2n) is 4.16. The summed E-state index contributed by atoms with van der Waals surface area (Å²) in [5.41, 5.74) is -0.144. The fourth-order valence-corrected chi connectivity index (χ4v) is 1.73. The first-order chi connectivity index (χ1) is 6.08. The molecule has 0 aromatic rings. The van der Waals surface area contributed by atoms with Crippen LogP contribution in [0.25, 0.3) is 0 Å². The lowest BCUT2D eigenvalue weighted by Crippen LogP contribution is -2.32. The van der Waals surface area contributed by atoms with Crippen molar-refractivity contribution in [3.8, 4) is 0 Å². The highest BCUT2D eigenvalue weighted by atomic mass is 35.5. The van der Waals surface area contributed by atoms with Crippen molar-refractivity contribution < 1.29 is 4.79 Å². The molecule has 1 N–H and O–H groups in total. The molecule has 1 rings (SSSR count). The van der Waals surface area contributed by atoms with Gasteiger partial charge in [-0.05, 0) is 24.6 Å². The molecule has 13 heavy (non-hydrogen) atoms. The largest absolute Gasteiger partial charge is 0.342 e. The maximum Gasteiger partial charge on any atom is 0.228 e. The van der Waals surface area contributed by atoms with E-state index in [1.807, 2.05) is 18.7 Å². The van der Waals surface area contributed by atoms with E-state index in [4.69, 9.17) is 11.8 Å². The first-order valence-corrected chi connectivity index (χ1v) is 5.08. The smallest absolute Gasteiger partial charge is 0.228 e. The molecule has 0 aliphatic carbocycles. The van der Waals surface area contributed by atoms with E-state index >= 15 is 0 Å². The van der Waals surface area contributed by atoms with Crippen molar-refractivity contribution in [2.45, 2.75) is 26.7 Å². The third-order valence-corrected chi connectivity index (χ3v) is 2.76. The van der Waals surface area contributed by atoms with Gasteiger partial charge in [-0.15, -0.1) is 0 Å². The Labute approximate surface area is 84.5 Å². The van der Waals surface area contributed by atoms with Gasteiger partial charge >= 0.3 is 0 Å². The molecule has 0 atom stereocenters. The highest BCUT2D eigenvalue weighted by molar-refractivity contribution is 6.13. The van der Waals surface area contributed by atoms with E-state index in [0.29, 0.717) is 0 Å². The van der Waals surface area contributed by atoms with Crippen LogP contribution in [0.5, 0.6) is 0 Å². The van der Waals surface area contributed by atoms with Gasteiger partial charge in [0.05, 0.1) is 0 Å². The lowest BCUT2D eigenvalue weighted by Gasteiger charge is -2.19. The van der Waals surface area contributed by atoms with Gasteiger partial charge in [-0.2, -0.15) is 0 Å². The van der Waals surface area contributed by atoms with Crippen molar-refractivity contribution in [2.75, 3.05) is 19.6 Å². The van der Waals surface area contributed by atoms with Gasteiger partial charge in [-0.25, -0.2) is 4.84 Å². The van der Waals surface area contributed by atoms with Crippen LogP contribution >= 0.6 is 11.8 Å². The SMILES string of the molecule is CC1(C)CCN(CCCNCl)C1=O. The number of halogens is 1. The molecule has 4 heteroatoms. The zero-order chi connectivity index (χ0) is 9.90. The highest BCUT2D eigenvalue weighted by Crippen LogP contribution is 2.30. The Morgan fingerprint density at radius 1 is 1.62 bits per heavy atom. The van der Waals surface area contributed by atoms with Crippen LogP contribution in [0.1, 0.15) is 26.7 Å². The van der Waals surface area contributed by atoms with E-state index in [-0.39, 0.29) is 11.3 Å². The number of likely N-dealkylation sites (tertiary alicyclic amines) is 1. The van der Waals surface area contributed by atoms with Gasteiger partial charge in [0, 0.05) is 25.0 Å². The monoisotopic (exact) mass is 204 g/mol. The molecule has 0 saturated carbocycles. The molecule has 1 fully saturated rings. The van der Waals surface area contributed by atoms with Crippen LogP contribution in [0.2, 0.25) is 0 Å². The zero-order valence-electron chi connectivity index (χ0n) is 8.27. The minimum Gasteiger partial charge on any atom is -0.342 e. The minimum absolute atomic E-state index is 0.144. The predicted molar refractivity (Wildman–Crippen MR) is 53.5 cm³/mol. The van der Waals surface area contributed by atoms with E-state index in [0.717, 1.165) is 32.5 Å². The van der Waals surface area contributed by atoms with E-state index in [2.05, 4.69) is 4.84 Å². The van der Waals surface area contributed by atoms with Crippen molar-refractivity contribution in [1.82, 2.24) is 9.74 Å². The quantitative estimate of drug-likeness (QED) is 0.555. The number of rotatable bonds is 4. The van der Waals surface area contributed by atoms with Crippen molar-refractivity contribution >= 4 is 17.7 Å². The number of hydrogen-bond donors (Lipinski definition) is 1. The van der Waals surface area contributed by atoms with Crippen molar-refractivity contribution in [1.29, 1.82) is 0 Å². The average molecular weight is 205 g/mol. The Morgan fingerprint density at radius 3 is 2.77 bits per heavy atom. The third-order valence-electron chi connectivity index (χ3n) is 2.57. The Hall–Kier alpha value is -0.280. The Kier molecular flexibility index (Phi) is 3.56. The molecule has 3 nitrogen and oxygen atoms in total. The predicted octanol–water partition coefficient (Wildman–Crippen LogP) is 1.38. The molecule has 1 aliphatic rings. The molecule has 0 aromatic heterocycles. The van der Waals surface area contributed by atoms with Crippen LogP contribution in [0, 0.1) is 5.41 Å². The van der Waals surface area contributed by atoms with Gasteiger partial charge in [0.1, 0.15) is 0 Å². The first-order valence-electron chi connectivity index (χ1n) is 4.71. The molecule has 1 aliphatic heterocycles. The number of hydrogen-bond acceptors (Lipinski definition) is 2. The Morgan fingerprint density at radius 2 is 2.31 bits per heavy atom. The molecular formula is C9H17ClN2O. The van der Waals surface area contributed by atoms with Gasteiger partial charge in [-0.1, -0.05) is 13.8 Å². The van der Waals surface area contributed by atoms with Crippen LogP contribution in [-0.2, 0) is 4.79 Å². The maximum absolute atomic E-state index is 11.7. The molecule has 0 unspecified atom stereocenters. The molecule has 0 aromatic carbocycles. The average Bonchev–Trinajstić information content (AvgIpc) is 2.32.